The number of nitrogens with one attached hydrogen (secondary N) is 1. The number of nitrogens with zero attached hydrogens (tertiary/aromatic N) is 2. The average molecular weight is 496 g/mol. The maximum absolute atomic E-state index is 13.0. The Morgan fingerprint density at radius 1 is 1.06 bits per heavy atom. The van der Waals surface area contributed by atoms with Crippen molar-refractivity contribution in [3.05, 3.63) is 52.0 Å². The van der Waals surface area contributed by atoms with Crippen LogP contribution >= 0.6 is 23.2 Å². The molecule has 0 aromatic heterocycles. The number of para-hydroxylation sites is 1. The molecule has 0 saturated carbocycles. The van der Waals surface area contributed by atoms with Crippen LogP contribution < -0.4 is 19.7 Å². The Morgan fingerprint density at radius 3 is 2.18 bits per heavy atom. The summed E-state index contributed by atoms with van der Waals surface area (Å²) in [6.45, 7) is 0.853. The number of hydrogen-bond donors (Lipinski definition) is 2. The Labute approximate surface area is 200 Å². The van der Waals surface area contributed by atoms with E-state index in [1.807, 2.05) is 0 Å². The van der Waals surface area contributed by atoms with E-state index >= 15 is 0 Å². The molecule has 3 amide bonds. The van der Waals surface area contributed by atoms with Gasteiger partial charge in [-0.3, -0.25) is 9.69 Å². The maximum atomic E-state index is 13.0. The summed E-state index contributed by atoms with van der Waals surface area (Å²) < 4.78 is 10.8. The van der Waals surface area contributed by atoms with E-state index in [2.05, 4.69) is 5.32 Å². The summed E-state index contributed by atoms with van der Waals surface area (Å²) >= 11 is 12.1. The van der Waals surface area contributed by atoms with Gasteiger partial charge in [0.2, 0.25) is 0 Å². The summed E-state index contributed by atoms with van der Waals surface area (Å²) in [6.07, 6.45) is -0.00815. The molecule has 176 valence electrons. The van der Waals surface area contributed by atoms with Gasteiger partial charge >= 0.3 is 12.0 Å². The van der Waals surface area contributed by atoms with Gasteiger partial charge in [-0.25, -0.2) is 9.59 Å². The second kappa shape index (κ2) is 10.6. The molecule has 1 atom stereocenters. The van der Waals surface area contributed by atoms with Crippen LogP contribution in [0.3, 0.4) is 0 Å². The highest BCUT2D eigenvalue weighted by Gasteiger charge is 2.34. The first-order valence-corrected chi connectivity index (χ1v) is 10.8. The molecule has 0 aliphatic carbocycles. The van der Waals surface area contributed by atoms with Crippen LogP contribution in [0, 0.1) is 0 Å². The van der Waals surface area contributed by atoms with Gasteiger partial charge in [0.05, 0.1) is 29.8 Å². The SMILES string of the molecule is COc1cccc(OC)c1N1CCN(CCC(NC(=O)c2c(Cl)cccc2Cl)C(=O)O)C1=O. The Kier molecular flexibility index (Phi) is 7.88. The monoisotopic (exact) mass is 495 g/mol. The van der Waals surface area contributed by atoms with Crippen LogP contribution in [0.1, 0.15) is 16.8 Å². The molecule has 0 radical (unpaired) electrons. The van der Waals surface area contributed by atoms with Crippen LogP contribution in [-0.4, -0.2) is 67.8 Å². The molecule has 1 aliphatic heterocycles. The fourth-order valence-corrected chi connectivity index (χ4v) is 4.15. The second-order valence-electron chi connectivity index (χ2n) is 7.18. The molecular weight excluding hydrogens is 473 g/mol. The molecule has 1 aliphatic rings. The minimum atomic E-state index is -1.24. The van der Waals surface area contributed by atoms with Crippen LogP contribution in [0.4, 0.5) is 10.5 Å². The van der Waals surface area contributed by atoms with Crippen LogP contribution in [0.15, 0.2) is 36.4 Å². The number of benzene rings is 2. The number of halogens is 2. The predicted molar refractivity (Wildman–Crippen MR) is 124 cm³/mol. The van der Waals surface area contributed by atoms with E-state index in [1.54, 1.807) is 24.3 Å². The van der Waals surface area contributed by atoms with Gasteiger partial charge < -0.3 is 24.8 Å². The second-order valence-corrected chi connectivity index (χ2v) is 8.00. The molecule has 0 bridgehead atoms. The number of urea groups is 1. The zero-order valence-electron chi connectivity index (χ0n) is 18.0. The molecule has 1 fully saturated rings. The number of anilines is 1. The van der Waals surface area contributed by atoms with Crippen molar-refractivity contribution < 1.29 is 29.0 Å². The smallest absolute Gasteiger partial charge is 0.326 e. The van der Waals surface area contributed by atoms with Crippen molar-refractivity contribution in [3.63, 3.8) is 0 Å². The van der Waals surface area contributed by atoms with Gasteiger partial charge in [-0.15, -0.1) is 0 Å². The zero-order valence-corrected chi connectivity index (χ0v) is 19.5. The van der Waals surface area contributed by atoms with E-state index in [9.17, 15) is 19.5 Å². The van der Waals surface area contributed by atoms with Gasteiger partial charge in [0.1, 0.15) is 23.2 Å². The minimum absolute atomic E-state index is 0.00113. The molecule has 2 aromatic carbocycles. The molecule has 9 nitrogen and oxygen atoms in total. The van der Waals surface area contributed by atoms with E-state index < -0.39 is 17.9 Å². The van der Waals surface area contributed by atoms with Crippen molar-refractivity contribution in [2.45, 2.75) is 12.5 Å². The number of carbonyl (C=O) groups is 3. The average Bonchev–Trinajstić information content (AvgIpc) is 3.15. The lowest BCUT2D eigenvalue weighted by Crippen LogP contribution is -2.44. The van der Waals surface area contributed by atoms with Crippen molar-refractivity contribution in [2.75, 3.05) is 38.8 Å². The predicted octanol–water partition coefficient (Wildman–Crippen LogP) is 3.53. The molecule has 33 heavy (non-hydrogen) atoms. The fourth-order valence-electron chi connectivity index (χ4n) is 3.58. The quantitative estimate of drug-likeness (QED) is 0.550. The Morgan fingerprint density at radius 2 is 1.64 bits per heavy atom. The van der Waals surface area contributed by atoms with E-state index in [1.165, 1.54) is 36.2 Å². The van der Waals surface area contributed by atoms with Crippen LogP contribution in [0.5, 0.6) is 11.5 Å². The highest BCUT2D eigenvalue weighted by Crippen LogP contribution is 2.39. The Balaban J connectivity index is 1.69. The summed E-state index contributed by atoms with van der Waals surface area (Å²) in [5.41, 5.74) is 0.505. The van der Waals surface area contributed by atoms with Gasteiger partial charge in [0, 0.05) is 19.6 Å². The molecule has 3 rings (SSSR count). The third-order valence-electron chi connectivity index (χ3n) is 5.25. The van der Waals surface area contributed by atoms with Crippen molar-refractivity contribution in [3.8, 4) is 11.5 Å². The first-order valence-electron chi connectivity index (χ1n) is 10.0. The highest BCUT2D eigenvalue weighted by molar-refractivity contribution is 6.39. The number of methoxy groups -OCH3 is 2. The molecule has 11 heteroatoms. The van der Waals surface area contributed by atoms with E-state index in [0.717, 1.165) is 0 Å². The van der Waals surface area contributed by atoms with Crippen molar-refractivity contribution in [1.29, 1.82) is 0 Å². The van der Waals surface area contributed by atoms with E-state index in [4.69, 9.17) is 32.7 Å². The summed E-state index contributed by atoms with van der Waals surface area (Å²) in [7, 11) is 3.00. The lowest BCUT2D eigenvalue weighted by atomic mass is 10.1. The maximum Gasteiger partial charge on any atom is 0.326 e. The summed E-state index contributed by atoms with van der Waals surface area (Å²) in [4.78, 5) is 40.4. The molecule has 1 heterocycles. The zero-order chi connectivity index (χ0) is 24.1. The van der Waals surface area contributed by atoms with E-state index in [-0.39, 0.29) is 34.6 Å². The summed E-state index contributed by atoms with van der Waals surface area (Å²) in [5, 5.41) is 12.2. The van der Waals surface area contributed by atoms with Gasteiger partial charge in [-0.2, -0.15) is 0 Å². The Hall–Kier alpha value is -3.17. The van der Waals surface area contributed by atoms with Gasteiger partial charge in [-0.05, 0) is 30.7 Å². The molecule has 1 saturated heterocycles. The lowest BCUT2D eigenvalue weighted by molar-refractivity contribution is -0.139. The number of aliphatic carboxylic acids is 1. The Bertz CT molecular complexity index is 1020. The lowest BCUT2D eigenvalue weighted by Gasteiger charge is -2.23. The molecule has 2 aromatic rings. The minimum Gasteiger partial charge on any atom is -0.494 e. The van der Waals surface area contributed by atoms with Crippen LogP contribution in [0.25, 0.3) is 0 Å². The van der Waals surface area contributed by atoms with Gasteiger partial charge in [0.25, 0.3) is 5.91 Å². The molecular formula is C22H23Cl2N3O6. The summed E-state index contributed by atoms with van der Waals surface area (Å²) in [6, 6.07) is 8.20. The molecule has 2 N–H and O–H groups in total. The van der Waals surface area contributed by atoms with Crippen LogP contribution in [0.2, 0.25) is 10.0 Å². The van der Waals surface area contributed by atoms with Crippen molar-refractivity contribution in [1.82, 2.24) is 10.2 Å². The van der Waals surface area contributed by atoms with E-state index in [0.29, 0.717) is 30.3 Å². The number of carboxylic acids is 1. The van der Waals surface area contributed by atoms with Crippen LogP contribution in [-0.2, 0) is 4.79 Å². The fraction of sp³-hybridized carbons (Fsp3) is 0.318. The molecule has 0 spiro atoms. The first kappa shape index (κ1) is 24.5. The molecule has 1 unspecified atom stereocenters. The van der Waals surface area contributed by atoms with Crippen molar-refractivity contribution in [2.24, 2.45) is 0 Å². The van der Waals surface area contributed by atoms with Gasteiger partial charge in [-0.1, -0.05) is 35.3 Å². The number of amides is 3. The number of carboxylic acid groups (broad SMARTS) is 1. The number of carbonyl (C=O) groups excluding carboxylic acids is 2. The first-order chi connectivity index (χ1) is 15.8. The third kappa shape index (κ3) is 5.26. The number of ether oxygens (including phenoxy) is 2. The third-order valence-corrected chi connectivity index (χ3v) is 5.88. The van der Waals surface area contributed by atoms with Gasteiger partial charge in [0.15, 0.2) is 0 Å². The normalized spacial score (nSPS) is 14.2. The number of hydrogen-bond acceptors (Lipinski definition) is 5. The highest BCUT2D eigenvalue weighted by atomic mass is 35.5. The van der Waals surface area contributed by atoms with Crippen molar-refractivity contribution >= 4 is 46.8 Å². The largest absolute Gasteiger partial charge is 0.494 e. The summed E-state index contributed by atoms with van der Waals surface area (Å²) in [5.74, 6) is -0.971. The standard InChI is InChI=1S/C22H23Cl2N3O6/c1-32-16-7-4-8-17(33-2)19(16)27-12-11-26(22(27)31)10-9-15(21(29)30)25-20(28)18-13(23)5-3-6-14(18)24/h3-8,15H,9-12H2,1-2H3,(H,25,28)(H,29,30). The topological polar surface area (TPSA) is 108 Å². The number of rotatable bonds is 9.